The van der Waals surface area contributed by atoms with E-state index in [-0.39, 0.29) is 18.0 Å². The third-order valence-electron chi connectivity index (χ3n) is 3.66. The summed E-state index contributed by atoms with van der Waals surface area (Å²) in [5, 5.41) is 16.8. The molecule has 0 aromatic carbocycles. The largest absolute Gasteiger partial charge is 0.308 e. The maximum Gasteiger partial charge on any atom is 0.239 e. The minimum absolute atomic E-state index is 0.116. The summed E-state index contributed by atoms with van der Waals surface area (Å²) in [4.78, 5) is 16.5. The van der Waals surface area contributed by atoms with Crippen molar-refractivity contribution in [3.63, 3.8) is 0 Å². The number of amides is 1. The lowest BCUT2D eigenvalue weighted by Gasteiger charge is -2.40. The lowest BCUT2D eigenvalue weighted by atomic mass is 9.77. The van der Waals surface area contributed by atoms with Crippen LogP contribution >= 0.6 is 11.3 Å². The first-order valence-electron chi connectivity index (χ1n) is 6.93. The number of carbonyl (C=O) groups is 1. The molecule has 6 nitrogen and oxygen atoms in total. The van der Waals surface area contributed by atoms with E-state index in [0.717, 1.165) is 30.0 Å². The predicted octanol–water partition coefficient (Wildman–Crippen LogP) is 1.85. The highest BCUT2D eigenvalue weighted by atomic mass is 32.1. The molecule has 1 saturated carbocycles. The van der Waals surface area contributed by atoms with Crippen molar-refractivity contribution in [1.82, 2.24) is 20.5 Å². The number of aromatic nitrogens is 3. The maximum absolute atomic E-state index is 12.0. The van der Waals surface area contributed by atoms with Crippen LogP contribution in [-0.2, 0) is 10.3 Å². The Balaban J connectivity index is 1.59. The zero-order valence-corrected chi connectivity index (χ0v) is 12.6. The number of aryl methyl sites for hydroxylation is 1. The van der Waals surface area contributed by atoms with Gasteiger partial charge in [0.15, 0.2) is 5.82 Å². The van der Waals surface area contributed by atoms with E-state index in [0.29, 0.717) is 5.82 Å². The van der Waals surface area contributed by atoms with Crippen LogP contribution in [0.25, 0.3) is 0 Å². The molecule has 3 rings (SSSR count). The van der Waals surface area contributed by atoms with E-state index in [1.165, 1.54) is 0 Å². The number of hydrogen-bond acceptors (Lipinski definition) is 6. The molecule has 2 N–H and O–H groups in total. The topological polar surface area (TPSA) is 79.8 Å². The first-order chi connectivity index (χ1) is 10.2. The molecule has 1 amide bonds. The quantitative estimate of drug-likeness (QED) is 0.881. The number of hydrogen-bond donors (Lipinski definition) is 2. The molecule has 110 valence electrons. The second-order valence-corrected chi connectivity index (χ2v) is 6.10. The molecule has 2 heterocycles. The summed E-state index contributed by atoms with van der Waals surface area (Å²) in [6.45, 7) is 2.24. The van der Waals surface area contributed by atoms with Crippen molar-refractivity contribution < 1.29 is 4.79 Å². The minimum atomic E-state index is -0.126. The van der Waals surface area contributed by atoms with Gasteiger partial charge >= 0.3 is 0 Å². The van der Waals surface area contributed by atoms with E-state index < -0.39 is 0 Å². The molecule has 21 heavy (non-hydrogen) atoms. The zero-order chi connectivity index (χ0) is 14.7. The number of rotatable bonds is 5. The van der Waals surface area contributed by atoms with E-state index in [1.807, 2.05) is 6.92 Å². The fourth-order valence-electron chi connectivity index (χ4n) is 2.38. The average molecular weight is 303 g/mol. The number of nitrogens with one attached hydrogen (secondary N) is 2. The number of thiazole rings is 1. The van der Waals surface area contributed by atoms with Gasteiger partial charge in [-0.15, -0.1) is 16.4 Å². The van der Waals surface area contributed by atoms with Crippen molar-refractivity contribution >= 4 is 23.1 Å². The SMILES string of the molecule is Cc1csc(C2(NCC(=O)Nc3cccnn3)CCC2)n1. The fourth-order valence-corrected chi connectivity index (χ4v) is 3.41. The highest BCUT2D eigenvalue weighted by Crippen LogP contribution is 2.42. The molecule has 7 heteroatoms. The van der Waals surface area contributed by atoms with E-state index in [2.05, 4.69) is 31.2 Å². The molecule has 1 aliphatic rings. The Bertz CT molecular complexity index is 623. The Hall–Kier alpha value is -1.86. The Labute approximate surface area is 127 Å². The summed E-state index contributed by atoms with van der Waals surface area (Å²) in [5.41, 5.74) is 0.908. The van der Waals surface area contributed by atoms with Crippen molar-refractivity contribution in [2.45, 2.75) is 31.7 Å². The van der Waals surface area contributed by atoms with Gasteiger partial charge in [-0.2, -0.15) is 5.10 Å². The van der Waals surface area contributed by atoms with Gasteiger partial charge < -0.3 is 5.32 Å². The fraction of sp³-hybridized carbons (Fsp3) is 0.429. The number of carbonyl (C=O) groups excluding carboxylic acids is 1. The van der Waals surface area contributed by atoms with Crippen molar-refractivity contribution in [3.8, 4) is 0 Å². The van der Waals surface area contributed by atoms with Crippen LogP contribution in [0.2, 0.25) is 0 Å². The van der Waals surface area contributed by atoms with Crippen LogP contribution in [0.15, 0.2) is 23.7 Å². The van der Waals surface area contributed by atoms with Crippen LogP contribution in [0.5, 0.6) is 0 Å². The molecule has 0 unspecified atom stereocenters. The standard InChI is InChI=1S/C14H17N5OS/c1-10-9-21-13(17-10)14(5-3-6-14)15-8-12(20)18-11-4-2-7-16-19-11/h2,4,7,9,15H,3,5-6,8H2,1H3,(H,18,19,20). The van der Waals surface area contributed by atoms with Crippen molar-refractivity contribution in [3.05, 3.63) is 34.4 Å². The van der Waals surface area contributed by atoms with Crippen LogP contribution in [0, 0.1) is 6.92 Å². The van der Waals surface area contributed by atoms with Gasteiger partial charge in [0.2, 0.25) is 5.91 Å². The Morgan fingerprint density at radius 3 is 2.90 bits per heavy atom. The second-order valence-electron chi connectivity index (χ2n) is 5.24. The molecule has 0 atom stereocenters. The summed E-state index contributed by atoms with van der Waals surface area (Å²) in [7, 11) is 0. The molecular formula is C14H17N5OS. The van der Waals surface area contributed by atoms with Crippen molar-refractivity contribution in [2.24, 2.45) is 0 Å². The van der Waals surface area contributed by atoms with Gasteiger partial charge in [0, 0.05) is 17.3 Å². The van der Waals surface area contributed by atoms with Crippen LogP contribution in [0.3, 0.4) is 0 Å². The lowest BCUT2D eigenvalue weighted by Crippen LogP contribution is -2.50. The van der Waals surface area contributed by atoms with Gasteiger partial charge in [-0.3, -0.25) is 10.1 Å². The summed E-state index contributed by atoms with van der Waals surface area (Å²) in [5.74, 6) is 0.354. The van der Waals surface area contributed by atoms with Crippen molar-refractivity contribution in [2.75, 3.05) is 11.9 Å². The highest BCUT2D eigenvalue weighted by molar-refractivity contribution is 7.09. The van der Waals surface area contributed by atoms with Gasteiger partial charge in [-0.05, 0) is 38.3 Å². The summed E-state index contributed by atoms with van der Waals surface area (Å²) in [6, 6.07) is 3.45. The number of anilines is 1. The van der Waals surface area contributed by atoms with E-state index in [1.54, 1.807) is 29.7 Å². The number of nitrogens with zero attached hydrogens (tertiary/aromatic N) is 3. The predicted molar refractivity (Wildman–Crippen MR) is 81.0 cm³/mol. The highest BCUT2D eigenvalue weighted by Gasteiger charge is 2.41. The lowest BCUT2D eigenvalue weighted by molar-refractivity contribution is -0.116. The van der Waals surface area contributed by atoms with Crippen LogP contribution in [0.4, 0.5) is 5.82 Å². The maximum atomic E-state index is 12.0. The summed E-state index contributed by atoms with van der Waals surface area (Å²) < 4.78 is 0. The molecular weight excluding hydrogens is 286 g/mol. The molecule has 0 saturated heterocycles. The Kier molecular flexibility index (Phi) is 3.94. The molecule has 2 aromatic rings. The molecule has 1 fully saturated rings. The third-order valence-corrected chi connectivity index (χ3v) is 4.83. The van der Waals surface area contributed by atoms with E-state index >= 15 is 0 Å². The van der Waals surface area contributed by atoms with Gasteiger partial charge in [0.1, 0.15) is 5.01 Å². The molecule has 2 aromatic heterocycles. The first kappa shape index (κ1) is 14.1. The second kappa shape index (κ2) is 5.87. The zero-order valence-electron chi connectivity index (χ0n) is 11.8. The van der Waals surface area contributed by atoms with Gasteiger partial charge in [-0.1, -0.05) is 0 Å². The molecule has 0 spiro atoms. The normalized spacial score (nSPS) is 16.2. The van der Waals surface area contributed by atoms with Crippen LogP contribution in [-0.4, -0.2) is 27.6 Å². The minimum Gasteiger partial charge on any atom is -0.308 e. The van der Waals surface area contributed by atoms with Crippen LogP contribution < -0.4 is 10.6 Å². The van der Waals surface area contributed by atoms with Gasteiger partial charge in [0.25, 0.3) is 0 Å². The Morgan fingerprint density at radius 2 is 2.33 bits per heavy atom. The molecule has 0 radical (unpaired) electrons. The summed E-state index contributed by atoms with van der Waals surface area (Å²) in [6.07, 6.45) is 4.79. The van der Waals surface area contributed by atoms with Gasteiger partial charge in [0.05, 0.1) is 12.1 Å². The first-order valence-corrected chi connectivity index (χ1v) is 7.81. The average Bonchev–Trinajstić information content (AvgIpc) is 2.86. The van der Waals surface area contributed by atoms with E-state index in [9.17, 15) is 4.79 Å². The Morgan fingerprint density at radius 1 is 1.48 bits per heavy atom. The van der Waals surface area contributed by atoms with Gasteiger partial charge in [-0.25, -0.2) is 4.98 Å². The van der Waals surface area contributed by atoms with Crippen molar-refractivity contribution in [1.29, 1.82) is 0 Å². The molecule has 0 bridgehead atoms. The third kappa shape index (κ3) is 3.08. The molecule has 1 aliphatic carbocycles. The smallest absolute Gasteiger partial charge is 0.239 e. The summed E-state index contributed by atoms with van der Waals surface area (Å²) >= 11 is 1.66. The molecule has 0 aliphatic heterocycles. The van der Waals surface area contributed by atoms with E-state index in [4.69, 9.17) is 0 Å². The van der Waals surface area contributed by atoms with Crippen LogP contribution in [0.1, 0.15) is 30.0 Å². The monoisotopic (exact) mass is 303 g/mol.